The van der Waals surface area contributed by atoms with Gasteiger partial charge in [0.1, 0.15) is 17.1 Å². The highest BCUT2D eigenvalue weighted by Gasteiger charge is 2.14. The molecule has 0 saturated heterocycles. The Hall–Kier alpha value is -2.00. The molecule has 0 fully saturated rings. The zero-order valence-electron chi connectivity index (χ0n) is 19.6. The van der Waals surface area contributed by atoms with Gasteiger partial charge < -0.3 is 9.84 Å². The monoisotopic (exact) mass is 458 g/mol. The number of carbonyl (C=O) groups excluding carboxylic acids is 1. The van der Waals surface area contributed by atoms with Crippen LogP contribution in [0.1, 0.15) is 106 Å². The predicted molar refractivity (Wildman–Crippen MR) is 134 cm³/mol. The van der Waals surface area contributed by atoms with Crippen LogP contribution in [0.2, 0.25) is 5.02 Å². The van der Waals surface area contributed by atoms with E-state index in [-0.39, 0.29) is 11.3 Å². The molecule has 176 valence electrons. The van der Waals surface area contributed by atoms with Gasteiger partial charge >= 0.3 is 5.97 Å². The molecule has 0 atom stereocenters. The summed E-state index contributed by atoms with van der Waals surface area (Å²) >= 11 is 5.92. The number of aromatic hydroxyl groups is 1. The first kappa shape index (κ1) is 26.3. The Balaban J connectivity index is 1.58. The van der Waals surface area contributed by atoms with E-state index < -0.39 is 5.97 Å². The minimum Gasteiger partial charge on any atom is -0.507 e. The Bertz CT molecular complexity index is 803. The maximum absolute atomic E-state index is 12.3. The molecule has 2 aromatic rings. The van der Waals surface area contributed by atoms with Crippen molar-refractivity contribution in [2.75, 3.05) is 0 Å². The van der Waals surface area contributed by atoms with Gasteiger partial charge in [0.25, 0.3) is 0 Å². The zero-order chi connectivity index (χ0) is 23.0. The Morgan fingerprint density at radius 3 is 2.03 bits per heavy atom. The van der Waals surface area contributed by atoms with Crippen LogP contribution in [-0.4, -0.2) is 11.1 Å². The van der Waals surface area contributed by atoms with Gasteiger partial charge in [0, 0.05) is 5.02 Å². The summed E-state index contributed by atoms with van der Waals surface area (Å²) in [6.45, 7) is 2.27. The van der Waals surface area contributed by atoms with Crippen molar-refractivity contribution in [2.24, 2.45) is 0 Å². The van der Waals surface area contributed by atoms with E-state index in [0.717, 1.165) is 18.4 Å². The van der Waals surface area contributed by atoms with Crippen molar-refractivity contribution in [3.8, 4) is 11.5 Å². The fraction of sp³-hybridized carbons (Fsp3) is 0.536. The Morgan fingerprint density at radius 2 is 1.41 bits per heavy atom. The summed E-state index contributed by atoms with van der Waals surface area (Å²) in [6, 6.07) is 12.0. The van der Waals surface area contributed by atoms with Gasteiger partial charge in [0.15, 0.2) is 0 Å². The number of esters is 1. The van der Waals surface area contributed by atoms with Crippen LogP contribution in [0.5, 0.6) is 11.5 Å². The summed E-state index contributed by atoms with van der Waals surface area (Å²) in [5.74, 6) is -0.257. The maximum Gasteiger partial charge on any atom is 0.347 e. The van der Waals surface area contributed by atoms with Crippen molar-refractivity contribution in [3.63, 3.8) is 0 Å². The van der Waals surface area contributed by atoms with E-state index in [9.17, 15) is 9.90 Å². The highest BCUT2D eigenvalue weighted by atomic mass is 35.5. The normalized spacial score (nSPS) is 10.9. The van der Waals surface area contributed by atoms with Crippen LogP contribution in [0, 0.1) is 0 Å². The molecule has 0 aliphatic heterocycles. The fourth-order valence-electron chi connectivity index (χ4n) is 3.95. The van der Waals surface area contributed by atoms with Crippen LogP contribution in [0.4, 0.5) is 0 Å². The lowest BCUT2D eigenvalue weighted by Crippen LogP contribution is -2.09. The molecular weight excluding hydrogens is 420 g/mol. The van der Waals surface area contributed by atoms with Gasteiger partial charge in [-0.1, -0.05) is 108 Å². The molecular formula is C28H39ClO3. The number of rotatable bonds is 16. The first-order chi connectivity index (χ1) is 15.6. The second kappa shape index (κ2) is 15.7. The lowest BCUT2D eigenvalue weighted by Gasteiger charge is -2.08. The van der Waals surface area contributed by atoms with Gasteiger partial charge in [0.05, 0.1) is 0 Å². The number of phenolic OH excluding ortho intramolecular Hbond substituents is 1. The number of hydrogen-bond acceptors (Lipinski definition) is 3. The molecule has 0 unspecified atom stereocenters. The van der Waals surface area contributed by atoms with E-state index in [1.165, 1.54) is 95.2 Å². The molecule has 1 N–H and O–H groups in total. The van der Waals surface area contributed by atoms with Crippen LogP contribution >= 0.6 is 11.6 Å². The number of phenols is 1. The first-order valence-corrected chi connectivity index (χ1v) is 12.8. The average molecular weight is 459 g/mol. The van der Waals surface area contributed by atoms with Gasteiger partial charge in [-0.05, 0) is 48.7 Å². The third kappa shape index (κ3) is 10.5. The number of aryl methyl sites for hydroxylation is 1. The zero-order valence-corrected chi connectivity index (χ0v) is 20.3. The molecule has 0 radical (unpaired) electrons. The smallest absolute Gasteiger partial charge is 0.347 e. The Kier molecular flexibility index (Phi) is 12.9. The van der Waals surface area contributed by atoms with Crippen LogP contribution in [0.15, 0.2) is 42.5 Å². The first-order valence-electron chi connectivity index (χ1n) is 12.4. The van der Waals surface area contributed by atoms with Crippen molar-refractivity contribution in [1.82, 2.24) is 0 Å². The average Bonchev–Trinajstić information content (AvgIpc) is 2.78. The van der Waals surface area contributed by atoms with Crippen molar-refractivity contribution in [3.05, 3.63) is 58.6 Å². The largest absolute Gasteiger partial charge is 0.507 e. The molecule has 0 bridgehead atoms. The van der Waals surface area contributed by atoms with E-state index in [2.05, 4.69) is 13.0 Å². The highest BCUT2D eigenvalue weighted by molar-refractivity contribution is 6.31. The summed E-state index contributed by atoms with van der Waals surface area (Å²) in [5.41, 5.74) is 1.23. The summed E-state index contributed by atoms with van der Waals surface area (Å²) in [4.78, 5) is 12.3. The number of carbonyl (C=O) groups is 1. The lowest BCUT2D eigenvalue weighted by atomic mass is 10.0. The topological polar surface area (TPSA) is 46.5 Å². The number of unbranched alkanes of at least 4 members (excludes halogenated alkanes) is 12. The molecule has 2 aromatic carbocycles. The van der Waals surface area contributed by atoms with E-state index >= 15 is 0 Å². The van der Waals surface area contributed by atoms with Crippen molar-refractivity contribution >= 4 is 17.6 Å². The Morgan fingerprint density at radius 1 is 0.812 bits per heavy atom. The van der Waals surface area contributed by atoms with Crippen LogP contribution < -0.4 is 4.74 Å². The molecule has 0 heterocycles. The second-order valence-electron chi connectivity index (χ2n) is 8.69. The molecule has 2 rings (SSSR count). The molecule has 0 spiro atoms. The van der Waals surface area contributed by atoms with Gasteiger partial charge in [-0.2, -0.15) is 0 Å². The SMILES string of the molecule is CCCCCCCCCCCCCCCc1cccc(OC(=O)c2cc(Cl)ccc2O)c1. The number of hydrogen-bond donors (Lipinski definition) is 1. The lowest BCUT2D eigenvalue weighted by molar-refractivity contribution is 0.0731. The molecule has 4 heteroatoms. The summed E-state index contributed by atoms with van der Waals surface area (Å²) in [5, 5.41) is 10.2. The minimum atomic E-state index is -0.608. The standard InChI is InChI=1S/C28H39ClO3/c1-2-3-4-5-6-7-8-9-10-11-12-13-14-16-23-17-15-18-25(21-23)32-28(31)26-22-24(29)19-20-27(26)30/h15,17-22,30H,2-14,16H2,1H3. The number of halogens is 1. The molecule has 0 aliphatic carbocycles. The van der Waals surface area contributed by atoms with Crippen LogP contribution in [-0.2, 0) is 6.42 Å². The van der Waals surface area contributed by atoms with E-state index in [1.807, 2.05) is 12.1 Å². The molecule has 3 nitrogen and oxygen atoms in total. The number of benzene rings is 2. The molecule has 0 aromatic heterocycles. The second-order valence-corrected chi connectivity index (χ2v) is 9.13. The van der Waals surface area contributed by atoms with Gasteiger partial charge in [-0.25, -0.2) is 4.79 Å². The van der Waals surface area contributed by atoms with E-state index in [1.54, 1.807) is 6.07 Å². The maximum atomic E-state index is 12.3. The quantitative estimate of drug-likeness (QED) is 0.155. The fourth-order valence-corrected chi connectivity index (χ4v) is 4.12. The van der Waals surface area contributed by atoms with Gasteiger partial charge in [0.2, 0.25) is 0 Å². The van der Waals surface area contributed by atoms with Crippen LogP contribution in [0.25, 0.3) is 0 Å². The van der Waals surface area contributed by atoms with E-state index in [0.29, 0.717) is 10.8 Å². The predicted octanol–water partition coefficient (Wildman–Crippen LogP) is 8.90. The van der Waals surface area contributed by atoms with Gasteiger partial charge in [-0.3, -0.25) is 0 Å². The molecule has 0 amide bonds. The molecule has 0 aliphatic rings. The Labute approximate surface area is 199 Å². The van der Waals surface area contributed by atoms with Crippen molar-refractivity contribution in [1.29, 1.82) is 0 Å². The van der Waals surface area contributed by atoms with E-state index in [4.69, 9.17) is 16.3 Å². The molecule has 32 heavy (non-hydrogen) atoms. The minimum absolute atomic E-state index is 0.0689. The van der Waals surface area contributed by atoms with Crippen molar-refractivity contribution < 1.29 is 14.6 Å². The summed E-state index contributed by atoms with van der Waals surface area (Å²) in [6.07, 6.45) is 18.5. The summed E-state index contributed by atoms with van der Waals surface area (Å²) in [7, 11) is 0. The van der Waals surface area contributed by atoms with Gasteiger partial charge in [-0.15, -0.1) is 0 Å². The van der Waals surface area contributed by atoms with Crippen molar-refractivity contribution in [2.45, 2.75) is 96.8 Å². The summed E-state index contributed by atoms with van der Waals surface area (Å²) < 4.78 is 5.44. The van der Waals surface area contributed by atoms with Crippen LogP contribution in [0.3, 0.4) is 0 Å². The highest BCUT2D eigenvalue weighted by Crippen LogP contribution is 2.24. The molecule has 0 saturated carbocycles. The third-order valence-corrected chi connectivity index (χ3v) is 6.09. The number of ether oxygens (including phenoxy) is 1. The third-order valence-electron chi connectivity index (χ3n) is 5.86.